The first-order valence-corrected chi connectivity index (χ1v) is 7.57. The van der Waals surface area contributed by atoms with Gasteiger partial charge in [-0.1, -0.05) is 42.0 Å². The summed E-state index contributed by atoms with van der Waals surface area (Å²) in [6, 6.07) is 16.4. The number of hydrogen-bond acceptors (Lipinski definition) is 3. The molecule has 0 amide bonds. The maximum Gasteiger partial charge on any atom is 0.339 e. The number of carbonyl (C=O) groups is 1. The monoisotopic (exact) mass is 319 g/mol. The predicted octanol–water partition coefficient (Wildman–Crippen LogP) is 3.55. The lowest BCUT2D eigenvalue weighted by Crippen LogP contribution is -2.10. The van der Waals surface area contributed by atoms with Gasteiger partial charge in [0.2, 0.25) is 0 Å². The number of benzene rings is 2. The Morgan fingerprint density at radius 2 is 1.79 bits per heavy atom. The third-order valence-corrected chi connectivity index (χ3v) is 3.82. The SMILES string of the molecule is COC(=O)C(=Cc1ccc(C)cc1)c1cc(=O)c2ccccc2[nH]1. The van der Waals surface area contributed by atoms with Crippen LogP contribution >= 0.6 is 0 Å². The van der Waals surface area contributed by atoms with Crippen LogP contribution in [-0.4, -0.2) is 18.1 Å². The highest BCUT2D eigenvalue weighted by atomic mass is 16.5. The minimum atomic E-state index is -0.499. The number of hydrogen-bond donors (Lipinski definition) is 1. The first kappa shape index (κ1) is 15.7. The molecule has 1 heterocycles. The molecule has 0 spiro atoms. The molecule has 3 rings (SSSR count). The van der Waals surface area contributed by atoms with E-state index in [0.29, 0.717) is 22.2 Å². The Balaban J connectivity index is 2.18. The molecule has 0 fully saturated rings. The van der Waals surface area contributed by atoms with Crippen LogP contribution in [0.15, 0.2) is 59.4 Å². The number of para-hydroxylation sites is 1. The van der Waals surface area contributed by atoms with E-state index in [4.69, 9.17) is 4.74 Å². The number of rotatable bonds is 3. The van der Waals surface area contributed by atoms with Crippen LogP contribution in [0.25, 0.3) is 22.6 Å². The zero-order chi connectivity index (χ0) is 17.1. The van der Waals surface area contributed by atoms with E-state index in [0.717, 1.165) is 11.1 Å². The van der Waals surface area contributed by atoms with E-state index in [1.807, 2.05) is 37.3 Å². The van der Waals surface area contributed by atoms with E-state index in [2.05, 4.69) is 4.98 Å². The molecular weight excluding hydrogens is 302 g/mol. The molecule has 0 radical (unpaired) electrons. The van der Waals surface area contributed by atoms with Gasteiger partial charge in [-0.2, -0.15) is 0 Å². The maximum atomic E-state index is 12.3. The first-order chi connectivity index (χ1) is 11.6. The van der Waals surface area contributed by atoms with Crippen molar-refractivity contribution in [1.82, 2.24) is 4.98 Å². The standard InChI is InChI=1S/C20H17NO3/c1-13-7-9-14(10-8-13)11-16(20(23)24-2)18-12-19(22)15-5-3-4-6-17(15)21-18/h3-12H,1-2H3,(H,21,22). The van der Waals surface area contributed by atoms with Crippen molar-refractivity contribution in [2.75, 3.05) is 7.11 Å². The minimum Gasteiger partial charge on any atom is -0.465 e. The molecule has 0 unspecified atom stereocenters. The normalized spacial score (nSPS) is 11.5. The second-order valence-corrected chi connectivity index (χ2v) is 5.55. The number of aromatic nitrogens is 1. The van der Waals surface area contributed by atoms with Gasteiger partial charge in [0.05, 0.1) is 18.4 Å². The second-order valence-electron chi connectivity index (χ2n) is 5.55. The van der Waals surface area contributed by atoms with Gasteiger partial charge in [0, 0.05) is 17.0 Å². The summed E-state index contributed by atoms with van der Waals surface area (Å²) in [5.41, 5.74) is 3.27. The van der Waals surface area contributed by atoms with Crippen LogP contribution in [0.4, 0.5) is 0 Å². The number of pyridine rings is 1. The maximum absolute atomic E-state index is 12.3. The number of fused-ring (bicyclic) bond motifs is 1. The third-order valence-electron chi connectivity index (χ3n) is 3.82. The lowest BCUT2D eigenvalue weighted by molar-refractivity contribution is -0.133. The molecule has 24 heavy (non-hydrogen) atoms. The summed E-state index contributed by atoms with van der Waals surface area (Å²) < 4.78 is 4.89. The molecule has 0 aliphatic heterocycles. The fourth-order valence-corrected chi connectivity index (χ4v) is 2.53. The number of H-pyrrole nitrogens is 1. The quantitative estimate of drug-likeness (QED) is 0.593. The average molecular weight is 319 g/mol. The number of aromatic amines is 1. The van der Waals surface area contributed by atoms with Crippen LogP contribution in [0.1, 0.15) is 16.8 Å². The van der Waals surface area contributed by atoms with Crippen molar-refractivity contribution >= 4 is 28.5 Å². The van der Waals surface area contributed by atoms with Crippen molar-refractivity contribution in [2.45, 2.75) is 6.92 Å². The fraction of sp³-hybridized carbons (Fsp3) is 0.100. The van der Waals surface area contributed by atoms with Crippen LogP contribution < -0.4 is 5.43 Å². The number of aryl methyl sites for hydroxylation is 1. The van der Waals surface area contributed by atoms with Gasteiger partial charge in [0.1, 0.15) is 0 Å². The van der Waals surface area contributed by atoms with Gasteiger partial charge in [-0.25, -0.2) is 4.79 Å². The molecule has 0 bridgehead atoms. The predicted molar refractivity (Wildman–Crippen MR) is 95.6 cm³/mol. The lowest BCUT2D eigenvalue weighted by atomic mass is 10.0. The van der Waals surface area contributed by atoms with Crippen LogP contribution in [-0.2, 0) is 9.53 Å². The number of esters is 1. The number of ether oxygens (including phenoxy) is 1. The summed E-state index contributed by atoms with van der Waals surface area (Å²) in [4.78, 5) is 27.7. The van der Waals surface area contributed by atoms with Gasteiger partial charge in [0.15, 0.2) is 5.43 Å². The minimum absolute atomic E-state index is 0.141. The van der Waals surface area contributed by atoms with E-state index in [1.54, 1.807) is 24.3 Å². The largest absolute Gasteiger partial charge is 0.465 e. The molecule has 3 aromatic rings. The zero-order valence-electron chi connectivity index (χ0n) is 13.5. The summed E-state index contributed by atoms with van der Waals surface area (Å²) in [5, 5.41) is 0.584. The molecule has 4 nitrogen and oxygen atoms in total. The third kappa shape index (κ3) is 3.13. The highest BCUT2D eigenvalue weighted by Gasteiger charge is 2.15. The van der Waals surface area contributed by atoms with E-state index in [9.17, 15) is 9.59 Å². The first-order valence-electron chi connectivity index (χ1n) is 7.57. The van der Waals surface area contributed by atoms with E-state index in [-0.39, 0.29) is 5.43 Å². The number of methoxy groups -OCH3 is 1. The van der Waals surface area contributed by atoms with Gasteiger partial charge in [0.25, 0.3) is 0 Å². The summed E-state index contributed by atoms with van der Waals surface area (Å²) in [6.07, 6.45) is 1.71. The van der Waals surface area contributed by atoms with Crippen molar-refractivity contribution in [3.8, 4) is 0 Å². The Kier molecular flexibility index (Phi) is 4.29. The Morgan fingerprint density at radius 3 is 2.50 bits per heavy atom. The lowest BCUT2D eigenvalue weighted by Gasteiger charge is -2.08. The smallest absolute Gasteiger partial charge is 0.339 e. The Hall–Kier alpha value is -3.14. The molecular formula is C20H17NO3. The van der Waals surface area contributed by atoms with Crippen LogP contribution in [0.2, 0.25) is 0 Å². The summed E-state index contributed by atoms with van der Waals surface area (Å²) in [6.45, 7) is 2.00. The van der Waals surface area contributed by atoms with Crippen LogP contribution in [0, 0.1) is 6.92 Å². The number of carbonyl (C=O) groups excluding carboxylic acids is 1. The molecule has 4 heteroatoms. The Labute approximate surface area is 139 Å². The zero-order valence-corrected chi connectivity index (χ0v) is 13.5. The molecule has 0 aliphatic carbocycles. The highest BCUT2D eigenvalue weighted by Crippen LogP contribution is 2.19. The van der Waals surface area contributed by atoms with Crippen molar-refractivity contribution in [1.29, 1.82) is 0 Å². The molecule has 1 N–H and O–H groups in total. The van der Waals surface area contributed by atoms with Crippen molar-refractivity contribution < 1.29 is 9.53 Å². The fourth-order valence-electron chi connectivity index (χ4n) is 2.53. The van der Waals surface area contributed by atoms with Gasteiger partial charge in [-0.05, 0) is 30.7 Å². The van der Waals surface area contributed by atoms with E-state index >= 15 is 0 Å². The van der Waals surface area contributed by atoms with Gasteiger partial charge >= 0.3 is 5.97 Å². The second kappa shape index (κ2) is 6.54. The van der Waals surface area contributed by atoms with Crippen molar-refractivity contribution in [2.24, 2.45) is 0 Å². The van der Waals surface area contributed by atoms with E-state index < -0.39 is 5.97 Å². The van der Waals surface area contributed by atoms with Gasteiger partial charge < -0.3 is 9.72 Å². The summed E-state index contributed by atoms with van der Waals surface area (Å²) in [7, 11) is 1.32. The van der Waals surface area contributed by atoms with Gasteiger partial charge in [-0.15, -0.1) is 0 Å². The highest BCUT2D eigenvalue weighted by molar-refractivity contribution is 6.21. The molecule has 2 aromatic carbocycles. The topological polar surface area (TPSA) is 59.2 Å². The Morgan fingerprint density at radius 1 is 1.08 bits per heavy atom. The van der Waals surface area contributed by atoms with Crippen LogP contribution in [0.3, 0.4) is 0 Å². The molecule has 0 saturated carbocycles. The molecule has 0 saturated heterocycles. The molecule has 1 aromatic heterocycles. The van der Waals surface area contributed by atoms with E-state index in [1.165, 1.54) is 13.2 Å². The number of nitrogens with one attached hydrogen (secondary N) is 1. The summed E-state index contributed by atoms with van der Waals surface area (Å²) >= 11 is 0. The van der Waals surface area contributed by atoms with Crippen LogP contribution in [0.5, 0.6) is 0 Å². The van der Waals surface area contributed by atoms with Crippen molar-refractivity contribution in [3.05, 3.63) is 81.6 Å². The molecule has 0 atom stereocenters. The molecule has 120 valence electrons. The average Bonchev–Trinajstić information content (AvgIpc) is 2.60. The summed E-state index contributed by atoms with van der Waals surface area (Å²) in [5.74, 6) is -0.499. The molecule has 0 aliphatic rings. The Bertz CT molecular complexity index is 982. The van der Waals surface area contributed by atoms with Gasteiger partial charge in [-0.3, -0.25) is 4.79 Å². The van der Waals surface area contributed by atoms with Crippen molar-refractivity contribution in [3.63, 3.8) is 0 Å².